The van der Waals surface area contributed by atoms with Crippen LogP contribution in [0.3, 0.4) is 0 Å². The van der Waals surface area contributed by atoms with Crippen LogP contribution in [0.4, 0.5) is 0 Å². The fourth-order valence-corrected chi connectivity index (χ4v) is 8.27. The van der Waals surface area contributed by atoms with Gasteiger partial charge in [-0.15, -0.1) is 0 Å². The lowest BCUT2D eigenvalue weighted by Crippen LogP contribution is -2.05. The Morgan fingerprint density at radius 1 is 0.217 bits per heavy atom. The van der Waals surface area contributed by atoms with Gasteiger partial charge in [0.15, 0.2) is 0 Å². The van der Waals surface area contributed by atoms with Gasteiger partial charge in [-0.3, -0.25) is 9.59 Å². The Labute approximate surface area is 378 Å². The molecule has 0 saturated heterocycles. The van der Waals surface area contributed by atoms with E-state index in [0.29, 0.717) is 26.1 Å². The van der Waals surface area contributed by atoms with Gasteiger partial charge in [0.1, 0.15) is 0 Å². The number of hydrogen-bond acceptors (Lipinski definition) is 4. The maximum atomic E-state index is 11.9. The lowest BCUT2D eigenvalue weighted by molar-refractivity contribution is -0.144. The molecule has 4 heteroatoms. The minimum atomic E-state index is 0.0154. The van der Waals surface area contributed by atoms with Crippen LogP contribution in [0, 0.1) is 0 Å². The monoisotopic (exact) mass is 849 g/mol. The summed E-state index contributed by atoms with van der Waals surface area (Å²) in [7, 11) is 0. The van der Waals surface area contributed by atoms with Crippen LogP contribution < -0.4 is 0 Å². The van der Waals surface area contributed by atoms with Gasteiger partial charge < -0.3 is 9.47 Å². The van der Waals surface area contributed by atoms with E-state index in [9.17, 15) is 9.59 Å². The summed E-state index contributed by atoms with van der Waals surface area (Å²) in [6, 6.07) is 0. The fraction of sp³-hybridized carbons (Fsp3) is 0.964. The molecule has 0 rings (SSSR count). The molecule has 0 aliphatic carbocycles. The topological polar surface area (TPSA) is 52.6 Å². The predicted octanol–water partition coefficient (Wildman–Crippen LogP) is 19.9. The Balaban J connectivity index is 0. The van der Waals surface area contributed by atoms with Gasteiger partial charge in [0, 0.05) is 12.8 Å². The van der Waals surface area contributed by atoms with Crippen molar-refractivity contribution in [2.24, 2.45) is 0 Å². The second-order valence-electron chi connectivity index (χ2n) is 18.8. The summed E-state index contributed by atoms with van der Waals surface area (Å²) in [6.45, 7) is 10.3. The molecular weight excluding hydrogens is 737 g/mol. The van der Waals surface area contributed by atoms with E-state index in [1.807, 2.05) is 0 Å². The Morgan fingerprint density at radius 2 is 0.367 bits per heavy atom. The van der Waals surface area contributed by atoms with Crippen molar-refractivity contribution in [2.75, 3.05) is 13.2 Å². The van der Waals surface area contributed by atoms with Crippen LogP contribution in [0.25, 0.3) is 0 Å². The Bertz CT molecular complexity index is 781. The first kappa shape index (κ1) is 61.0. The van der Waals surface area contributed by atoms with Crippen molar-refractivity contribution in [2.45, 2.75) is 336 Å². The molecule has 360 valence electrons. The third-order valence-corrected chi connectivity index (χ3v) is 12.5. The van der Waals surface area contributed by atoms with Crippen molar-refractivity contribution in [3.8, 4) is 0 Å². The van der Waals surface area contributed by atoms with Crippen molar-refractivity contribution in [1.82, 2.24) is 0 Å². The van der Waals surface area contributed by atoms with Crippen LogP contribution in [0.15, 0.2) is 0 Å². The molecule has 0 aliphatic rings. The number of carbonyl (C=O) groups excluding carboxylic acids is 2. The maximum absolute atomic E-state index is 11.9. The molecule has 0 aromatic heterocycles. The zero-order valence-corrected chi connectivity index (χ0v) is 42.0. The molecule has 0 bridgehead atoms. The molecule has 0 amide bonds. The summed E-state index contributed by atoms with van der Waals surface area (Å²) >= 11 is 0. The van der Waals surface area contributed by atoms with Gasteiger partial charge in [-0.2, -0.15) is 0 Å². The highest BCUT2D eigenvalue weighted by Crippen LogP contribution is 2.16. The van der Waals surface area contributed by atoms with E-state index in [1.54, 1.807) is 0 Å². The summed E-state index contributed by atoms with van der Waals surface area (Å²) in [6.07, 6.45) is 62.7. The number of esters is 2. The highest BCUT2D eigenvalue weighted by molar-refractivity contribution is 5.69. The highest BCUT2D eigenvalue weighted by atomic mass is 16.5. The number of unbranched alkanes of at least 4 members (excludes halogenated alkanes) is 42. The number of hydrogen-bond donors (Lipinski definition) is 0. The third-order valence-electron chi connectivity index (χ3n) is 12.5. The number of ether oxygens (including phenoxy) is 2. The summed E-state index contributed by atoms with van der Waals surface area (Å²) in [5.41, 5.74) is 0. The molecule has 0 fully saturated rings. The second kappa shape index (κ2) is 57.9. The van der Waals surface area contributed by atoms with Crippen LogP contribution in [0.5, 0.6) is 0 Å². The van der Waals surface area contributed by atoms with Gasteiger partial charge in [0.2, 0.25) is 0 Å². The summed E-state index contributed by atoms with van der Waals surface area (Å²) < 4.78 is 10.7. The van der Waals surface area contributed by atoms with Crippen LogP contribution in [0.1, 0.15) is 336 Å². The Hall–Kier alpha value is -1.06. The molecule has 0 radical (unpaired) electrons. The van der Waals surface area contributed by atoms with Crippen molar-refractivity contribution in [1.29, 1.82) is 0 Å². The zero-order chi connectivity index (χ0) is 43.9. The normalized spacial score (nSPS) is 11.1. The first-order chi connectivity index (χ1) is 29.6. The summed E-state index contributed by atoms with van der Waals surface area (Å²) in [5.74, 6) is 0.0411. The lowest BCUT2D eigenvalue weighted by Gasteiger charge is -2.06. The van der Waals surface area contributed by atoms with Gasteiger partial charge in [-0.1, -0.05) is 297 Å². The van der Waals surface area contributed by atoms with Crippen LogP contribution >= 0.6 is 0 Å². The smallest absolute Gasteiger partial charge is 0.305 e. The second-order valence-corrected chi connectivity index (χ2v) is 18.8. The molecule has 0 atom stereocenters. The van der Waals surface area contributed by atoms with Crippen LogP contribution in [-0.2, 0) is 19.1 Å². The molecule has 0 N–H and O–H groups in total. The van der Waals surface area contributed by atoms with Crippen molar-refractivity contribution in [3.63, 3.8) is 0 Å². The minimum Gasteiger partial charge on any atom is -0.466 e. The van der Waals surface area contributed by atoms with E-state index >= 15 is 0 Å². The van der Waals surface area contributed by atoms with E-state index in [1.165, 1.54) is 270 Å². The van der Waals surface area contributed by atoms with Gasteiger partial charge >= 0.3 is 11.9 Å². The van der Waals surface area contributed by atoms with E-state index in [2.05, 4.69) is 27.7 Å². The van der Waals surface area contributed by atoms with Gasteiger partial charge in [0.25, 0.3) is 0 Å². The SMILES string of the molecule is CCCCCCCCCCCCCCCC(=O)OCCCCCCCC.CCCCCCCCCCCCCCCCOC(=O)CCCCCCCCCCCCCCC. The lowest BCUT2D eigenvalue weighted by atomic mass is 10.0. The molecule has 60 heavy (non-hydrogen) atoms. The van der Waals surface area contributed by atoms with E-state index in [-0.39, 0.29) is 11.9 Å². The number of rotatable bonds is 50. The Kier molecular flexibility index (Phi) is 58.9. The average molecular weight is 850 g/mol. The fourth-order valence-electron chi connectivity index (χ4n) is 8.27. The zero-order valence-electron chi connectivity index (χ0n) is 42.0. The molecule has 0 saturated carbocycles. The molecular formula is C56H112O4. The van der Waals surface area contributed by atoms with E-state index in [4.69, 9.17) is 9.47 Å². The largest absolute Gasteiger partial charge is 0.466 e. The molecule has 4 nitrogen and oxygen atoms in total. The molecule has 0 spiro atoms. The van der Waals surface area contributed by atoms with Gasteiger partial charge in [-0.05, 0) is 25.7 Å². The highest BCUT2D eigenvalue weighted by Gasteiger charge is 2.04. The van der Waals surface area contributed by atoms with Crippen molar-refractivity contribution >= 4 is 11.9 Å². The minimum absolute atomic E-state index is 0.0154. The molecule has 0 aromatic rings. The standard InChI is InChI=1S/C32H64O2.C24H48O2/c1-3-5-7-9-11-13-15-17-19-21-23-25-27-29-31-34-32(33)30-28-26-24-22-20-18-16-14-12-10-8-6-4-2;1-3-5-7-9-11-12-13-14-15-16-17-18-20-22-24(25)26-23-21-19-10-8-6-4-2/h3-31H2,1-2H3;3-23H2,1-2H3. The Morgan fingerprint density at radius 3 is 0.550 bits per heavy atom. The van der Waals surface area contributed by atoms with Gasteiger partial charge in [0.05, 0.1) is 13.2 Å². The van der Waals surface area contributed by atoms with Crippen LogP contribution in [-0.4, -0.2) is 25.2 Å². The number of carbonyl (C=O) groups is 2. The van der Waals surface area contributed by atoms with E-state index < -0.39 is 0 Å². The molecule has 0 heterocycles. The maximum Gasteiger partial charge on any atom is 0.305 e. The van der Waals surface area contributed by atoms with Gasteiger partial charge in [-0.25, -0.2) is 0 Å². The first-order valence-electron chi connectivity index (χ1n) is 27.9. The van der Waals surface area contributed by atoms with Crippen molar-refractivity contribution < 1.29 is 19.1 Å². The summed E-state index contributed by atoms with van der Waals surface area (Å²) in [4.78, 5) is 23.5. The average Bonchev–Trinajstić information content (AvgIpc) is 3.25. The van der Waals surface area contributed by atoms with E-state index in [0.717, 1.165) is 25.7 Å². The molecule has 0 unspecified atom stereocenters. The summed E-state index contributed by atoms with van der Waals surface area (Å²) in [5, 5.41) is 0. The van der Waals surface area contributed by atoms with Crippen molar-refractivity contribution in [3.05, 3.63) is 0 Å². The third kappa shape index (κ3) is 59.0. The van der Waals surface area contributed by atoms with Crippen LogP contribution in [0.2, 0.25) is 0 Å². The molecule has 0 aliphatic heterocycles. The molecule has 0 aromatic carbocycles. The quantitative estimate of drug-likeness (QED) is 0.0452. The predicted molar refractivity (Wildman–Crippen MR) is 266 cm³/mol. The first-order valence-corrected chi connectivity index (χ1v) is 27.9.